The van der Waals surface area contributed by atoms with E-state index in [1.807, 2.05) is 6.07 Å². The number of pyridine rings is 1. The molecule has 19 heavy (non-hydrogen) atoms. The van der Waals surface area contributed by atoms with E-state index in [1.165, 1.54) is 12.3 Å². The standard InChI is InChI=1S/C13H7Cl3N2O/c14-9-4-10(12(16)11(15)5-9)8-3-7(1-2-17)13(19)18-6-8/h3-6H,1H2,(H,18,19). The lowest BCUT2D eigenvalue weighted by Gasteiger charge is -2.08. The number of benzene rings is 1. The Morgan fingerprint density at radius 1 is 1.21 bits per heavy atom. The van der Waals surface area contributed by atoms with Crippen LogP contribution in [0.5, 0.6) is 0 Å². The average molecular weight is 314 g/mol. The first-order chi connectivity index (χ1) is 9.02. The lowest BCUT2D eigenvalue weighted by molar-refractivity contribution is 1.13. The van der Waals surface area contributed by atoms with Crippen LogP contribution in [0.1, 0.15) is 5.56 Å². The van der Waals surface area contributed by atoms with Gasteiger partial charge in [-0.15, -0.1) is 0 Å². The normalized spacial score (nSPS) is 10.2. The maximum Gasteiger partial charge on any atom is 0.252 e. The number of hydrogen-bond acceptors (Lipinski definition) is 2. The summed E-state index contributed by atoms with van der Waals surface area (Å²) in [4.78, 5) is 14.1. The van der Waals surface area contributed by atoms with Crippen molar-refractivity contribution in [1.82, 2.24) is 4.98 Å². The van der Waals surface area contributed by atoms with Gasteiger partial charge in [-0.25, -0.2) is 0 Å². The van der Waals surface area contributed by atoms with Crippen molar-refractivity contribution in [1.29, 1.82) is 5.26 Å². The van der Waals surface area contributed by atoms with Crippen molar-refractivity contribution in [3.05, 3.63) is 55.4 Å². The van der Waals surface area contributed by atoms with Gasteiger partial charge in [0.2, 0.25) is 0 Å². The molecule has 2 rings (SSSR count). The quantitative estimate of drug-likeness (QED) is 0.850. The topological polar surface area (TPSA) is 56.6 Å². The van der Waals surface area contributed by atoms with Gasteiger partial charge in [-0.05, 0) is 23.8 Å². The van der Waals surface area contributed by atoms with Crippen LogP contribution in [0.3, 0.4) is 0 Å². The van der Waals surface area contributed by atoms with E-state index in [0.29, 0.717) is 31.8 Å². The number of rotatable bonds is 2. The Labute approximate surface area is 124 Å². The van der Waals surface area contributed by atoms with Gasteiger partial charge in [-0.2, -0.15) is 5.26 Å². The van der Waals surface area contributed by atoms with E-state index in [9.17, 15) is 4.79 Å². The van der Waals surface area contributed by atoms with Crippen LogP contribution in [-0.2, 0) is 6.42 Å². The van der Waals surface area contributed by atoms with Gasteiger partial charge in [0, 0.05) is 22.3 Å². The summed E-state index contributed by atoms with van der Waals surface area (Å²) in [6.45, 7) is 0. The van der Waals surface area contributed by atoms with E-state index >= 15 is 0 Å². The summed E-state index contributed by atoms with van der Waals surface area (Å²) < 4.78 is 0. The first-order valence-corrected chi connectivity index (χ1v) is 6.40. The highest BCUT2D eigenvalue weighted by Gasteiger charge is 2.11. The molecule has 1 aromatic carbocycles. The SMILES string of the molecule is N#CCc1cc(-c2cc(Cl)cc(Cl)c2Cl)c[nH]c1=O. The Morgan fingerprint density at radius 2 is 1.95 bits per heavy atom. The highest BCUT2D eigenvalue weighted by atomic mass is 35.5. The number of hydrogen-bond donors (Lipinski definition) is 1. The predicted octanol–water partition coefficient (Wildman–Crippen LogP) is 4.07. The lowest BCUT2D eigenvalue weighted by Crippen LogP contribution is -2.11. The minimum atomic E-state index is -0.297. The third-order valence-corrected chi connectivity index (χ3v) is 3.57. The van der Waals surface area contributed by atoms with Crippen LogP contribution in [0.25, 0.3) is 11.1 Å². The second kappa shape index (κ2) is 5.66. The molecule has 0 saturated heterocycles. The molecule has 0 atom stereocenters. The highest BCUT2D eigenvalue weighted by molar-refractivity contribution is 6.45. The smallest absolute Gasteiger partial charge is 0.252 e. The third-order valence-electron chi connectivity index (χ3n) is 2.55. The van der Waals surface area contributed by atoms with Crippen LogP contribution >= 0.6 is 34.8 Å². The van der Waals surface area contributed by atoms with Gasteiger partial charge < -0.3 is 4.98 Å². The van der Waals surface area contributed by atoms with Crippen molar-refractivity contribution in [2.75, 3.05) is 0 Å². The molecule has 0 spiro atoms. The summed E-state index contributed by atoms with van der Waals surface area (Å²) in [6.07, 6.45) is 1.53. The van der Waals surface area contributed by atoms with Crippen LogP contribution in [0.4, 0.5) is 0 Å². The molecular formula is C13H7Cl3N2O. The molecule has 0 bridgehead atoms. The molecule has 0 radical (unpaired) electrons. The summed E-state index contributed by atoms with van der Waals surface area (Å²) in [5.41, 5.74) is 1.33. The fourth-order valence-corrected chi connectivity index (χ4v) is 2.38. The zero-order valence-electron chi connectivity index (χ0n) is 9.51. The van der Waals surface area contributed by atoms with Crippen molar-refractivity contribution < 1.29 is 0 Å². The number of H-pyrrole nitrogens is 1. The van der Waals surface area contributed by atoms with Crippen LogP contribution in [0, 0.1) is 11.3 Å². The molecule has 1 aromatic heterocycles. The summed E-state index contributed by atoms with van der Waals surface area (Å²) in [5.74, 6) is 0. The van der Waals surface area contributed by atoms with Crippen molar-refractivity contribution in [2.45, 2.75) is 6.42 Å². The second-order valence-electron chi connectivity index (χ2n) is 3.83. The predicted molar refractivity (Wildman–Crippen MR) is 76.8 cm³/mol. The summed E-state index contributed by atoms with van der Waals surface area (Å²) in [6, 6.07) is 6.73. The molecule has 0 aliphatic rings. The van der Waals surface area contributed by atoms with Crippen LogP contribution < -0.4 is 5.56 Å². The van der Waals surface area contributed by atoms with E-state index < -0.39 is 0 Å². The minimum Gasteiger partial charge on any atom is -0.328 e. The summed E-state index contributed by atoms with van der Waals surface area (Å²) in [5, 5.41) is 9.80. The molecule has 2 aromatic rings. The largest absolute Gasteiger partial charge is 0.328 e. The van der Waals surface area contributed by atoms with Crippen LogP contribution in [0.15, 0.2) is 29.2 Å². The zero-order chi connectivity index (χ0) is 14.0. The molecule has 0 aliphatic carbocycles. The molecule has 1 N–H and O–H groups in total. The Morgan fingerprint density at radius 3 is 2.63 bits per heavy atom. The van der Waals surface area contributed by atoms with Gasteiger partial charge in [0.1, 0.15) is 0 Å². The van der Waals surface area contributed by atoms with E-state index in [0.717, 1.165) is 0 Å². The maximum atomic E-state index is 11.5. The van der Waals surface area contributed by atoms with Gasteiger partial charge in [-0.1, -0.05) is 34.8 Å². The third kappa shape index (κ3) is 2.93. The van der Waals surface area contributed by atoms with Crippen molar-refractivity contribution >= 4 is 34.8 Å². The van der Waals surface area contributed by atoms with Crippen LogP contribution in [-0.4, -0.2) is 4.98 Å². The molecule has 0 amide bonds. The van der Waals surface area contributed by atoms with Crippen molar-refractivity contribution in [2.24, 2.45) is 0 Å². The van der Waals surface area contributed by atoms with Gasteiger partial charge in [-0.3, -0.25) is 4.79 Å². The van der Waals surface area contributed by atoms with Crippen molar-refractivity contribution in [3.8, 4) is 17.2 Å². The molecule has 96 valence electrons. The molecule has 0 fully saturated rings. The molecule has 6 heteroatoms. The van der Waals surface area contributed by atoms with Gasteiger partial charge >= 0.3 is 0 Å². The average Bonchev–Trinajstić information content (AvgIpc) is 2.37. The Balaban J connectivity index is 2.63. The van der Waals surface area contributed by atoms with E-state index in [-0.39, 0.29) is 12.0 Å². The second-order valence-corrected chi connectivity index (χ2v) is 5.05. The van der Waals surface area contributed by atoms with Gasteiger partial charge in [0.05, 0.1) is 22.5 Å². The van der Waals surface area contributed by atoms with E-state index in [4.69, 9.17) is 40.1 Å². The Hall–Kier alpha value is -1.47. The summed E-state index contributed by atoms with van der Waals surface area (Å²) in [7, 11) is 0. The molecule has 1 heterocycles. The first kappa shape index (κ1) is 14.0. The molecule has 0 unspecified atom stereocenters. The van der Waals surface area contributed by atoms with Crippen molar-refractivity contribution in [3.63, 3.8) is 0 Å². The van der Waals surface area contributed by atoms with E-state index in [1.54, 1.807) is 12.1 Å². The highest BCUT2D eigenvalue weighted by Crippen LogP contribution is 2.36. The zero-order valence-corrected chi connectivity index (χ0v) is 11.8. The molecule has 3 nitrogen and oxygen atoms in total. The maximum absolute atomic E-state index is 11.5. The number of halogens is 3. The number of nitrogens with one attached hydrogen (secondary N) is 1. The molecular weight excluding hydrogens is 307 g/mol. The number of nitrogens with zero attached hydrogens (tertiary/aromatic N) is 1. The first-order valence-electron chi connectivity index (χ1n) is 5.26. The monoisotopic (exact) mass is 312 g/mol. The number of aromatic nitrogens is 1. The Kier molecular flexibility index (Phi) is 4.16. The lowest BCUT2D eigenvalue weighted by atomic mass is 10.0. The summed E-state index contributed by atoms with van der Waals surface area (Å²) >= 11 is 18.0. The Bertz CT molecular complexity index is 732. The number of nitriles is 1. The van der Waals surface area contributed by atoms with Gasteiger partial charge in [0.25, 0.3) is 5.56 Å². The van der Waals surface area contributed by atoms with Gasteiger partial charge in [0.15, 0.2) is 0 Å². The number of aromatic amines is 1. The van der Waals surface area contributed by atoms with E-state index in [2.05, 4.69) is 4.98 Å². The fourth-order valence-electron chi connectivity index (χ4n) is 1.67. The minimum absolute atomic E-state index is 0.0229. The molecule has 0 aliphatic heterocycles. The molecule has 0 saturated carbocycles. The van der Waals surface area contributed by atoms with Crippen LogP contribution in [0.2, 0.25) is 15.1 Å². The fraction of sp³-hybridized carbons (Fsp3) is 0.0769.